The van der Waals surface area contributed by atoms with Crippen molar-refractivity contribution >= 4 is 11.9 Å². The van der Waals surface area contributed by atoms with Crippen LogP contribution in [0.25, 0.3) is 0 Å². The van der Waals surface area contributed by atoms with Crippen molar-refractivity contribution in [1.29, 1.82) is 0 Å². The second-order valence-electron chi connectivity index (χ2n) is 4.54. The predicted octanol–water partition coefficient (Wildman–Crippen LogP) is 0.0259. The fraction of sp³-hybridized carbons (Fsp3) is 0.667. The Kier molecular flexibility index (Phi) is 3.07. The van der Waals surface area contributed by atoms with Crippen LogP contribution in [-0.2, 0) is 4.79 Å². The molecule has 92 valence electrons. The first-order chi connectivity index (χ1) is 8.13. The molecule has 5 heteroatoms. The lowest BCUT2D eigenvalue weighted by Gasteiger charge is -2.36. The standard InChI is InChI=1S/C12H17N3O2/c1-3-7-14-8-5-12(6-9-14)10(16)15(4-2)11(17)13-12/h1H,4-9H2,2H3,(H,13,17). The summed E-state index contributed by atoms with van der Waals surface area (Å²) in [5.41, 5.74) is -0.668. The van der Waals surface area contributed by atoms with Gasteiger partial charge in [0, 0.05) is 19.6 Å². The Hall–Kier alpha value is -1.54. The van der Waals surface area contributed by atoms with E-state index in [0.29, 0.717) is 25.9 Å². The molecular weight excluding hydrogens is 218 g/mol. The van der Waals surface area contributed by atoms with Crippen LogP contribution in [0.1, 0.15) is 19.8 Å². The minimum Gasteiger partial charge on any atom is -0.323 e. The third-order valence-electron chi connectivity index (χ3n) is 3.59. The largest absolute Gasteiger partial charge is 0.325 e. The number of nitrogens with one attached hydrogen (secondary N) is 1. The average molecular weight is 235 g/mol. The number of piperidine rings is 1. The van der Waals surface area contributed by atoms with Gasteiger partial charge in [-0.3, -0.25) is 14.6 Å². The zero-order valence-electron chi connectivity index (χ0n) is 10.0. The highest BCUT2D eigenvalue weighted by Crippen LogP contribution is 2.29. The number of likely N-dealkylation sites (tertiary alicyclic amines) is 1. The number of amides is 3. The Morgan fingerprint density at radius 3 is 2.53 bits per heavy atom. The van der Waals surface area contributed by atoms with E-state index < -0.39 is 5.54 Å². The number of rotatable bonds is 2. The Morgan fingerprint density at radius 1 is 1.41 bits per heavy atom. The lowest BCUT2D eigenvalue weighted by Crippen LogP contribution is -2.54. The van der Waals surface area contributed by atoms with E-state index in [1.807, 2.05) is 6.92 Å². The molecule has 0 aromatic rings. The van der Waals surface area contributed by atoms with Crippen molar-refractivity contribution in [2.75, 3.05) is 26.2 Å². The summed E-state index contributed by atoms with van der Waals surface area (Å²) in [6.45, 7) is 4.36. The van der Waals surface area contributed by atoms with Gasteiger partial charge in [0.25, 0.3) is 5.91 Å². The van der Waals surface area contributed by atoms with Crippen LogP contribution >= 0.6 is 0 Å². The Morgan fingerprint density at radius 2 is 2.06 bits per heavy atom. The SMILES string of the molecule is C#CCN1CCC2(CC1)NC(=O)N(CC)C2=O. The minimum atomic E-state index is -0.668. The summed E-state index contributed by atoms with van der Waals surface area (Å²) in [7, 11) is 0. The summed E-state index contributed by atoms with van der Waals surface area (Å²) < 4.78 is 0. The maximum Gasteiger partial charge on any atom is 0.325 e. The number of urea groups is 1. The summed E-state index contributed by atoms with van der Waals surface area (Å²) in [6.07, 6.45) is 6.56. The molecular formula is C12H17N3O2. The molecule has 0 aliphatic carbocycles. The van der Waals surface area contributed by atoms with Gasteiger partial charge in [-0.2, -0.15) is 0 Å². The van der Waals surface area contributed by atoms with E-state index in [4.69, 9.17) is 6.42 Å². The van der Waals surface area contributed by atoms with Gasteiger partial charge in [-0.25, -0.2) is 4.79 Å². The molecule has 3 amide bonds. The number of nitrogens with zero attached hydrogens (tertiary/aromatic N) is 2. The van der Waals surface area contributed by atoms with Crippen LogP contribution in [0.2, 0.25) is 0 Å². The molecule has 0 unspecified atom stereocenters. The van der Waals surface area contributed by atoms with E-state index in [0.717, 1.165) is 13.1 Å². The third kappa shape index (κ3) is 1.89. The van der Waals surface area contributed by atoms with Crippen molar-refractivity contribution in [3.63, 3.8) is 0 Å². The van der Waals surface area contributed by atoms with E-state index in [-0.39, 0.29) is 11.9 Å². The highest BCUT2D eigenvalue weighted by atomic mass is 16.2. The summed E-state index contributed by atoms with van der Waals surface area (Å²) >= 11 is 0. The zero-order chi connectivity index (χ0) is 12.5. The maximum absolute atomic E-state index is 12.2. The molecule has 0 aromatic carbocycles. The maximum atomic E-state index is 12.2. The summed E-state index contributed by atoms with van der Waals surface area (Å²) in [5, 5.41) is 2.84. The molecule has 1 N–H and O–H groups in total. The summed E-state index contributed by atoms with van der Waals surface area (Å²) in [4.78, 5) is 27.2. The van der Waals surface area contributed by atoms with Crippen LogP contribution < -0.4 is 5.32 Å². The van der Waals surface area contributed by atoms with E-state index in [9.17, 15) is 9.59 Å². The molecule has 1 spiro atoms. The Bertz CT molecular complexity index is 378. The van der Waals surface area contributed by atoms with Gasteiger partial charge in [0.05, 0.1) is 6.54 Å². The number of hydrogen-bond donors (Lipinski definition) is 1. The number of hydrogen-bond acceptors (Lipinski definition) is 3. The number of terminal acetylenes is 1. The number of carbonyl (C=O) groups excluding carboxylic acids is 2. The van der Waals surface area contributed by atoms with Crippen LogP contribution in [-0.4, -0.2) is 53.5 Å². The van der Waals surface area contributed by atoms with Gasteiger partial charge in [0.2, 0.25) is 0 Å². The van der Waals surface area contributed by atoms with Gasteiger partial charge >= 0.3 is 6.03 Å². The molecule has 0 aromatic heterocycles. The summed E-state index contributed by atoms with van der Waals surface area (Å²) in [6, 6.07) is -0.261. The Labute approximate surface area is 101 Å². The van der Waals surface area contributed by atoms with E-state index in [1.165, 1.54) is 4.90 Å². The smallest absolute Gasteiger partial charge is 0.323 e. The number of carbonyl (C=O) groups is 2. The second-order valence-corrected chi connectivity index (χ2v) is 4.54. The highest BCUT2D eigenvalue weighted by molar-refractivity contribution is 6.07. The van der Waals surface area contributed by atoms with Crippen molar-refractivity contribution < 1.29 is 9.59 Å². The van der Waals surface area contributed by atoms with Crippen LogP contribution in [0.3, 0.4) is 0 Å². The van der Waals surface area contributed by atoms with Crippen molar-refractivity contribution in [3.8, 4) is 12.3 Å². The molecule has 0 atom stereocenters. The van der Waals surface area contributed by atoms with Crippen molar-refractivity contribution in [2.45, 2.75) is 25.3 Å². The average Bonchev–Trinajstić information content (AvgIpc) is 2.55. The van der Waals surface area contributed by atoms with Crippen molar-refractivity contribution in [3.05, 3.63) is 0 Å². The first-order valence-electron chi connectivity index (χ1n) is 5.93. The molecule has 17 heavy (non-hydrogen) atoms. The quantitative estimate of drug-likeness (QED) is 0.542. The van der Waals surface area contributed by atoms with E-state index >= 15 is 0 Å². The second kappa shape index (κ2) is 4.38. The molecule has 2 saturated heterocycles. The fourth-order valence-electron chi connectivity index (χ4n) is 2.52. The minimum absolute atomic E-state index is 0.0784. The van der Waals surface area contributed by atoms with Gasteiger partial charge in [-0.15, -0.1) is 6.42 Å². The van der Waals surface area contributed by atoms with Gasteiger partial charge in [0.1, 0.15) is 5.54 Å². The van der Waals surface area contributed by atoms with Gasteiger partial charge < -0.3 is 5.32 Å². The van der Waals surface area contributed by atoms with Gasteiger partial charge in [-0.05, 0) is 19.8 Å². The zero-order valence-corrected chi connectivity index (χ0v) is 10.0. The van der Waals surface area contributed by atoms with Crippen molar-refractivity contribution in [1.82, 2.24) is 15.1 Å². The Balaban J connectivity index is 2.06. The lowest BCUT2D eigenvalue weighted by molar-refractivity contribution is -0.132. The first-order valence-corrected chi connectivity index (χ1v) is 5.93. The van der Waals surface area contributed by atoms with E-state index in [2.05, 4.69) is 16.1 Å². The molecule has 0 bridgehead atoms. The first kappa shape index (κ1) is 11.9. The van der Waals surface area contributed by atoms with Crippen molar-refractivity contribution in [2.24, 2.45) is 0 Å². The topological polar surface area (TPSA) is 52.7 Å². The number of imide groups is 1. The summed E-state index contributed by atoms with van der Waals surface area (Å²) in [5.74, 6) is 2.52. The number of likely N-dealkylation sites (N-methyl/N-ethyl adjacent to an activating group) is 1. The van der Waals surface area contributed by atoms with Crippen LogP contribution in [0.4, 0.5) is 4.79 Å². The molecule has 0 radical (unpaired) electrons. The molecule has 2 fully saturated rings. The van der Waals surface area contributed by atoms with Gasteiger partial charge in [0.15, 0.2) is 0 Å². The lowest BCUT2D eigenvalue weighted by atomic mass is 9.87. The third-order valence-corrected chi connectivity index (χ3v) is 3.59. The molecule has 2 heterocycles. The normalized spacial score (nSPS) is 23.9. The molecule has 5 nitrogen and oxygen atoms in total. The molecule has 2 aliphatic rings. The van der Waals surface area contributed by atoms with Crippen LogP contribution in [0, 0.1) is 12.3 Å². The molecule has 0 saturated carbocycles. The van der Waals surface area contributed by atoms with Crippen LogP contribution in [0.15, 0.2) is 0 Å². The van der Waals surface area contributed by atoms with Crippen LogP contribution in [0.5, 0.6) is 0 Å². The molecule has 2 rings (SSSR count). The van der Waals surface area contributed by atoms with E-state index in [1.54, 1.807) is 0 Å². The predicted molar refractivity (Wildman–Crippen MR) is 63.2 cm³/mol. The monoisotopic (exact) mass is 235 g/mol. The molecule has 2 aliphatic heterocycles. The fourth-order valence-corrected chi connectivity index (χ4v) is 2.52. The van der Waals surface area contributed by atoms with Gasteiger partial charge in [-0.1, -0.05) is 5.92 Å². The highest BCUT2D eigenvalue weighted by Gasteiger charge is 2.51.